The third kappa shape index (κ3) is 1.21. The number of hydrogen-bond donors (Lipinski definition) is 1. The predicted molar refractivity (Wildman–Crippen MR) is 40.9 cm³/mol. The van der Waals surface area contributed by atoms with E-state index in [0.717, 1.165) is 0 Å². The van der Waals surface area contributed by atoms with Gasteiger partial charge in [0.05, 0.1) is 5.54 Å². The fourth-order valence-corrected chi connectivity index (χ4v) is 0.807. The van der Waals surface area contributed by atoms with Gasteiger partial charge in [-0.05, 0) is 27.4 Å². The van der Waals surface area contributed by atoms with Crippen LogP contribution in [0.3, 0.4) is 0 Å². The lowest BCUT2D eigenvalue weighted by Crippen LogP contribution is -2.45. The van der Waals surface area contributed by atoms with E-state index >= 15 is 0 Å². The lowest BCUT2D eigenvalue weighted by molar-refractivity contribution is -0.121. The fourth-order valence-electron chi connectivity index (χ4n) is 0.807. The molecule has 1 fully saturated rings. The molecule has 10 heavy (non-hydrogen) atoms. The molecule has 0 aromatic heterocycles. The molecule has 0 amide bonds. The van der Waals surface area contributed by atoms with Crippen molar-refractivity contribution in [3.05, 3.63) is 0 Å². The minimum absolute atomic E-state index is 1.24. The molecule has 0 unspecified atom stereocenters. The molecular weight excluding hydrogens is 126 g/mol. The first kappa shape index (κ1) is 1.53. The Morgan fingerprint density at radius 2 is 2.20 bits per heavy atom. The SMILES string of the molecule is [2H]C([2H])([2H])C1(C([2H])([2H])[2H])CC(=O)C(C([2H])([2H])[2H])(C([2H])([2H])[2H])N1. The number of Topliss-reactive ketones (excluding diaryl/α,β-unsaturated/α-hetero) is 1. The van der Waals surface area contributed by atoms with Crippen LogP contribution >= 0.6 is 0 Å². The number of hydrogen-bond acceptors (Lipinski definition) is 2. The van der Waals surface area contributed by atoms with Gasteiger partial charge in [-0.1, -0.05) is 0 Å². The van der Waals surface area contributed by atoms with Crippen molar-refractivity contribution in [2.45, 2.75) is 44.9 Å². The van der Waals surface area contributed by atoms with Gasteiger partial charge < -0.3 is 0 Å². The van der Waals surface area contributed by atoms with Gasteiger partial charge >= 0.3 is 0 Å². The molecule has 1 aliphatic rings. The van der Waals surface area contributed by atoms with E-state index in [1.54, 1.807) is 5.32 Å². The molecule has 58 valence electrons. The molecule has 1 aliphatic heterocycles. The van der Waals surface area contributed by atoms with Gasteiger partial charge in [0.15, 0.2) is 5.78 Å². The predicted octanol–water partition coefficient (Wildman–Crippen LogP) is 1.11. The van der Waals surface area contributed by atoms with Gasteiger partial charge in [0.2, 0.25) is 0 Å². The van der Waals surface area contributed by atoms with Crippen molar-refractivity contribution in [1.29, 1.82) is 0 Å². The molecule has 2 nitrogen and oxygen atoms in total. The highest BCUT2D eigenvalue weighted by Gasteiger charge is 2.42. The molecule has 0 aliphatic carbocycles. The van der Waals surface area contributed by atoms with Crippen molar-refractivity contribution in [2.75, 3.05) is 0 Å². The van der Waals surface area contributed by atoms with E-state index in [2.05, 4.69) is 0 Å². The molecule has 0 saturated carbocycles. The third-order valence-corrected chi connectivity index (χ3v) is 1.24. The number of rotatable bonds is 0. The molecule has 1 heterocycles. The number of carbonyl (C=O) groups is 1. The lowest BCUT2D eigenvalue weighted by Gasteiger charge is -2.22. The van der Waals surface area contributed by atoms with Crippen molar-refractivity contribution in [2.24, 2.45) is 0 Å². The molecule has 1 saturated heterocycles. The second-order valence-corrected chi connectivity index (χ2v) is 2.38. The van der Waals surface area contributed by atoms with Crippen LogP contribution in [0.2, 0.25) is 0 Å². The van der Waals surface area contributed by atoms with Gasteiger partial charge in [-0.25, -0.2) is 0 Å². The van der Waals surface area contributed by atoms with Crippen LogP contribution in [0.5, 0.6) is 0 Å². The fraction of sp³-hybridized carbons (Fsp3) is 0.875. The summed E-state index contributed by atoms with van der Waals surface area (Å²) in [4.78, 5) is 12.2. The zero-order chi connectivity index (χ0) is 18.0. The largest absolute Gasteiger partial charge is 0.300 e. The summed E-state index contributed by atoms with van der Waals surface area (Å²) < 4.78 is 88.6. The minimum atomic E-state index is -3.45. The Bertz CT molecular complexity index is 437. The second-order valence-electron chi connectivity index (χ2n) is 2.38. The second kappa shape index (κ2) is 1.82. The van der Waals surface area contributed by atoms with E-state index in [9.17, 15) is 4.79 Å². The molecule has 0 bridgehead atoms. The molecule has 2 heteroatoms. The topological polar surface area (TPSA) is 29.1 Å². The van der Waals surface area contributed by atoms with Crippen LogP contribution in [-0.2, 0) is 4.79 Å². The maximum Gasteiger partial charge on any atom is 0.154 e. The van der Waals surface area contributed by atoms with Crippen LogP contribution in [0.25, 0.3) is 0 Å². The monoisotopic (exact) mass is 153 g/mol. The van der Waals surface area contributed by atoms with E-state index in [1.807, 2.05) is 0 Å². The van der Waals surface area contributed by atoms with E-state index in [4.69, 9.17) is 16.4 Å². The lowest BCUT2D eigenvalue weighted by atomic mass is 9.99. The number of carbonyl (C=O) groups excluding carboxylic acids is 1. The highest BCUT2D eigenvalue weighted by molar-refractivity contribution is 5.90. The maximum absolute atomic E-state index is 12.2. The first-order valence-electron chi connectivity index (χ1n) is 8.66. The van der Waals surface area contributed by atoms with Gasteiger partial charge in [-0.15, -0.1) is 0 Å². The summed E-state index contributed by atoms with van der Waals surface area (Å²) >= 11 is 0. The summed E-state index contributed by atoms with van der Waals surface area (Å²) in [6.07, 6.45) is -1.24. The number of nitrogens with one attached hydrogen (secondary N) is 1. The summed E-state index contributed by atoms with van der Waals surface area (Å²) in [5.41, 5.74) is -6.16. The van der Waals surface area contributed by atoms with Crippen LogP contribution in [0.4, 0.5) is 0 Å². The van der Waals surface area contributed by atoms with E-state index < -0.39 is 50.7 Å². The van der Waals surface area contributed by atoms with Crippen molar-refractivity contribution >= 4 is 5.78 Å². The minimum Gasteiger partial charge on any atom is -0.300 e. The van der Waals surface area contributed by atoms with Crippen LogP contribution in [0.1, 0.15) is 50.3 Å². The molecule has 1 N–H and O–H groups in total. The Hall–Kier alpha value is -0.370. The average molecular weight is 153 g/mol. The summed E-state index contributed by atoms with van der Waals surface area (Å²) in [5, 5.41) is 1.73. The van der Waals surface area contributed by atoms with Crippen LogP contribution in [-0.4, -0.2) is 16.9 Å². The summed E-state index contributed by atoms with van der Waals surface area (Å²) in [5.74, 6) is -1.47. The molecule has 0 aromatic rings. The first-order valence-corrected chi connectivity index (χ1v) is 2.66. The van der Waals surface area contributed by atoms with Crippen molar-refractivity contribution in [3.8, 4) is 0 Å². The molecule has 0 aromatic carbocycles. The molecule has 1 rings (SSSR count). The highest BCUT2D eigenvalue weighted by Crippen LogP contribution is 2.25. The van der Waals surface area contributed by atoms with Crippen molar-refractivity contribution in [1.82, 2.24) is 5.32 Å². The van der Waals surface area contributed by atoms with Gasteiger partial charge in [-0.3, -0.25) is 10.1 Å². The molecule has 0 radical (unpaired) electrons. The Morgan fingerprint density at radius 1 is 1.50 bits per heavy atom. The first-order chi connectivity index (χ1) is 9.33. The van der Waals surface area contributed by atoms with Gasteiger partial charge in [0.25, 0.3) is 0 Å². The third-order valence-electron chi connectivity index (χ3n) is 1.24. The van der Waals surface area contributed by atoms with E-state index in [1.165, 1.54) is 0 Å². The van der Waals surface area contributed by atoms with Gasteiger partial charge in [0, 0.05) is 28.4 Å². The zero-order valence-electron chi connectivity index (χ0n) is 17.1. The Balaban J connectivity index is 3.68. The Morgan fingerprint density at radius 3 is 2.50 bits per heavy atom. The highest BCUT2D eigenvalue weighted by atomic mass is 16.1. The Kier molecular flexibility index (Phi) is 0.278. The van der Waals surface area contributed by atoms with Crippen LogP contribution in [0.15, 0.2) is 0 Å². The standard InChI is InChI=1S/C8H15NO/c1-7(2)5-6(10)8(3,4)9-7/h9H,5H2,1-4H3/i1D3,2D3,3D3,4D3. The average Bonchev–Trinajstić information content (AvgIpc) is 2.49. The van der Waals surface area contributed by atoms with E-state index in [-0.39, 0.29) is 0 Å². The quantitative estimate of drug-likeness (QED) is 0.565. The van der Waals surface area contributed by atoms with Crippen molar-refractivity contribution < 1.29 is 21.2 Å². The molecular formula is C8H15NO. The maximum atomic E-state index is 12.2. The van der Waals surface area contributed by atoms with Gasteiger partial charge in [-0.2, -0.15) is 0 Å². The summed E-state index contributed by atoms with van der Waals surface area (Å²) in [7, 11) is 0. The Labute approximate surface area is 78.9 Å². The smallest absolute Gasteiger partial charge is 0.154 e. The molecule has 0 spiro atoms. The van der Waals surface area contributed by atoms with Crippen LogP contribution < -0.4 is 5.32 Å². The normalized spacial score (nSPS) is 51.8. The zero-order valence-corrected chi connectivity index (χ0v) is 5.12. The number of ketones is 1. The summed E-state index contributed by atoms with van der Waals surface area (Å²) in [6.45, 7) is -13.5. The van der Waals surface area contributed by atoms with Gasteiger partial charge in [0.1, 0.15) is 0 Å². The summed E-state index contributed by atoms with van der Waals surface area (Å²) in [6, 6.07) is 0. The van der Waals surface area contributed by atoms with E-state index in [0.29, 0.717) is 0 Å². The van der Waals surface area contributed by atoms with Crippen LogP contribution in [0, 0.1) is 0 Å². The molecule has 0 atom stereocenters. The van der Waals surface area contributed by atoms with Crippen molar-refractivity contribution in [3.63, 3.8) is 0 Å².